The summed E-state index contributed by atoms with van der Waals surface area (Å²) in [6.45, 7) is 11.2. The number of aromatic nitrogens is 2. The topological polar surface area (TPSA) is 53.1 Å². The molecular weight excluding hydrogens is 262 g/mol. The third-order valence-electron chi connectivity index (χ3n) is 2.79. The first-order valence-electron chi connectivity index (χ1n) is 6.93. The van der Waals surface area contributed by atoms with Gasteiger partial charge in [-0.25, -0.2) is 4.98 Å². The van der Waals surface area contributed by atoms with Gasteiger partial charge in [0.15, 0.2) is 5.82 Å². The van der Waals surface area contributed by atoms with Crippen molar-refractivity contribution < 1.29 is 0 Å². The molecule has 0 aliphatic carbocycles. The standard InChI is InChI=1S/C13H24ClN5/c1-4-8-19(6-3)9-7-16-12-11(14)10-17-13(18-12)15-5-2/h10H,4-9H2,1-3H3,(H2,15,16,17,18). The monoisotopic (exact) mass is 285 g/mol. The molecule has 0 radical (unpaired) electrons. The fraction of sp³-hybridized carbons (Fsp3) is 0.692. The van der Waals surface area contributed by atoms with Gasteiger partial charge in [0.2, 0.25) is 5.95 Å². The number of hydrogen-bond donors (Lipinski definition) is 2. The van der Waals surface area contributed by atoms with Crippen molar-refractivity contribution in [3.05, 3.63) is 11.2 Å². The van der Waals surface area contributed by atoms with Crippen molar-refractivity contribution in [3.63, 3.8) is 0 Å². The Morgan fingerprint density at radius 1 is 1.21 bits per heavy atom. The van der Waals surface area contributed by atoms with Gasteiger partial charge in [-0.2, -0.15) is 4.98 Å². The highest BCUT2D eigenvalue weighted by molar-refractivity contribution is 6.32. The lowest BCUT2D eigenvalue weighted by Gasteiger charge is -2.19. The molecule has 0 atom stereocenters. The van der Waals surface area contributed by atoms with E-state index >= 15 is 0 Å². The SMILES string of the molecule is CCCN(CC)CCNc1nc(NCC)ncc1Cl. The largest absolute Gasteiger partial charge is 0.367 e. The summed E-state index contributed by atoms with van der Waals surface area (Å²) in [5.41, 5.74) is 0. The second-order valence-electron chi connectivity index (χ2n) is 4.28. The van der Waals surface area contributed by atoms with E-state index in [1.807, 2.05) is 6.92 Å². The minimum absolute atomic E-state index is 0.556. The second-order valence-corrected chi connectivity index (χ2v) is 4.69. The van der Waals surface area contributed by atoms with E-state index in [9.17, 15) is 0 Å². The highest BCUT2D eigenvalue weighted by Crippen LogP contribution is 2.18. The molecule has 1 rings (SSSR count). The first-order chi connectivity index (χ1) is 9.21. The van der Waals surface area contributed by atoms with Crippen LogP contribution >= 0.6 is 11.6 Å². The maximum Gasteiger partial charge on any atom is 0.224 e. The van der Waals surface area contributed by atoms with Crippen LogP contribution in [0.1, 0.15) is 27.2 Å². The average molecular weight is 286 g/mol. The van der Waals surface area contributed by atoms with Crippen LogP contribution in [0.2, 0.25) is 5.02 Å². The van der Waals surface area contributed by atoms with Crippen LogP contribution < -0.4 is 10.6 Å². The van der Waals surface area contributed by atoms with Crippen LogP contribution in [-0.2, 0) is 0 Å². The van der Waals surface area contributed by atoms with Crippen LogP contribution in [-0.4, -0.2) is 47.6 Å². The fourth-order valence-corrected chi connectivity index (χ4v) is 1.97. The van der Waals surface area contributed by atoms with Crippen molar-refractivity contribution in [2.45, 2.75) is 27.2 Å². The predicted octanol–water partition coefficient (Wildman–Crippen LogP) is 2.71. The molecule has 5 nitrogen and oxygen atoms in total. The average Bonchev–Trinajstić information content (AvgIpc) is 2.41. The molecule has 0 amide bonds. The quantitative estimate of drug-likeness (QED) is 0.731. The van der Waals surface area contributed by atoms with Gasteiger partial charge in [-0.05, 0) is 26.4 Å². The summed E-state index contributed by atoms with van der Waals surface area (Å²) in [5, 5.41) is 6.90. The molecule has 19 heavy (non-hydrogen) atoms. The van der Waals surface area contributed by atoms with E-state index in [0.29, 0.717) is 16.8 Å². The van der Waals surface area contributed by atoms with Crippen LogP contribution in [0.3, 0.4) is 0 Å². The molecule has 0 bridgehead atoms. The number of rotatable bonds is 9. The zero-order valence-electron chi connectivity index (χ0n) is 12.0. The lowest BCUT2D eigenvalue weighted by molar-refractivity contribution is 0.300. The van der Waals surface area contributed by atoms with Gasteiger partial charge in [-0.15, -0.1) is 0 Å². The number of nitrogens with zero attached hydrogens (tertiary/aromatic N) is 3. The Balaban J connectivity index is 2.49. The first kappa shape index (κ1) is 16.0. The molecule has 1 aromatic heterocycles. The smallest absolute Gasteiger partial charge is 0.224 e. The van der Waals surface area contributed by atoms with Gasteiger partial charge >= 0.3 is 0 Å². The normalized spacial score (nSPS) is 10.8. The van der Waals surface area contributed by atoms with E-state index in [0.717, 1.165) is 32.7 Å². The highest BCUT2D eigenvalue weighted by atomic mass is 35.5. The van der Waals surface area contributed by atoms with E-state index in [-0.39, 0.29) is 0 Å². The molecule has 1 heterocycles. The summed E-state index contributed by atoms with van der Waals surface area (Å²) in [7, 11) is 0. The van der Waals surface area contributed by atoms with E-state index < -0.39 is 0 Å². The third kappa shape index (κ3) is 5.61. The predicted molar refractivity (Wildman–Crippen MR) is 82.1 cm³/mol. The van der Waals surface area contributed by atoms with Crippen molar-refractivity contribution in [1.82, 2.24) is 14.9 Å². The van der Waals surface area contributed by atoms with Gasteiger partial charge in [0, 0.05) is 19.6 Å². The Morgan fingerprint density at radius 2 is 2.00 bits per heavy atom. The Labute approximate surface area is 120 Å². The number of nitrogens with one attached hydrogen (secondary N) is 2. The van der Waals surface area contributed by atoms with Crippen LogP contribution in [0.25, 0.3) is 0 Å². The van der Waals surface area contributed by atoms with E-state index in [1.54, 1.807) is 6.20 Å². The maximum atomic E-state index is 6.08. The minimum Gasteiger partial charge on any atom is -0.367 e. The first-order valence-corrected chi connectivity index (χ1v) is 7.31. The summed E-state index contributed by atoms with van der Waals surface area (Å²) in [6.07, 6.45) is 2.80. The summed E-state index contributed by atoms with van der Waals surface area (Å²) < 4.78 is 0. The second kappa shape index (κ2) is 8.93. The lowest BCUT2D eigenvalue weighted by atomic mass is 10.4. The number of hydrogen-bond acceptors (Lipinski definition) is 5. The number of likely N-dealkylation sites (N-methyl/N-ethyl adjacent to an activating group) is 1. The van der Waals surface area contributed by atoms with Crippen LogP contribution in [0, 0.1) is 0 Å². The highest BCUT2D eigenvalue weighted by Gasteiger charge is 2.05. The molecular formula is C13H24ClN5. The molecule has 0 aromatic carbocycles. The molecule has 108 valence electrons. The molecule has 0 saturated heterocycles. The van der Waals surface area contributed by atoms with Crippen LogP contribution in [0.4, 0.5) is 11.8 Å². The van der Waals surface area contributed by atoms with E-state index in [1.165, 1.54) is 6.42 Å². The zero-order valence-corrected chi connectivity index (χ0v) is 12.8. The fourth-order valence-electron chi connectivity index (χ4n) is 1.81. The molecule has 6 heteroatoms. The van der Waals surface area contributed by atoms with E-state index in [2.05, 4.69) is 39.3 Å². The molecule has 1 aromatic rings. The van der Waals surface area contributed by atoms with E-state index in [4.69, 9.17) is 11.6 Å². The van der Waals surface area contributed by atoms with Gasteiger partial charge in [0.1, 0.15) is 5.02 Å². The summed E-state index contributed by atoms with van der Waals surface area (Å²) in [5.74, 6) is 1.30. The molecule has 0 saturated carbocycles. The summed E-state index contributed by atoms with van der Waals surface area (Å²) >= 11 is 6.08. The molecule has 0 aliphatic heterocycles. The Kier molecular flexibility index (Phi) is 7.52. The molecule has 0 spiro atoms. The van der Waals surface area contributed by atoms with Gasteiger partial charge in [-0.3, -0.25) is 0 Å². The molecule has 0 fully saturated rings. The van der Waals surface area contributed by atoms with Crippen molar-refractivity contribution in [1.29, 1.82) is 0 Å². The van der Waals surface area contributed by atoms with Crippen molar-refractivity contribution in [3.8, 4) is 0 Å². The van der Waals surface area contributed by atoms with Gasteiger partial charge in [0.05, 0.1) is 6.20 Å². The Bertz CT molecular complexity index is 372. The molecule has 0 unspecified atom stereocenters. The van der Waals surface area contributed by atoms with Crippen molar-refractivity contribution >= 4 is 23.4 Å². The molecule has 2 N–H and O–H groups in total. The van der Waals surface area contributed by atoms with Crippen LogP contribution in [0.5, 0.6) is 0 Å². The summed E-state index contributed by atoms with van der Waals surface area (Å²) in [6, 6.07) is 0. The van der Waals surface area contributed by atoms with Crippen molar-refractivity contribution in [2.75, 3.05) is 43.4 Å². The van der Waals surface area contributed by atoms with Crippen molar-refractivity contribution in [2.24, 2.45) is 0 Å². The Hall–Kier alpha value is -1.07. The van der Waals surface area contributed by atoms with Crippen LogP contribution in [0.15, 0.2) is 6.20 Å². The minimum atomic E-state index is 0.556. The lowest BCUT2D eigenvalue weighted by Crippen LogP contribution is -2.29. The maximum absolute atomic E-state index is 6.08. The summed E-state index contributed by atoms with van der Waals surface area (Å²) in [4.78, 5) is 10.9. The number of halogens is 1. The van der Waals surface area contributed by atoms with Gasteiger partial charge in [0.25, 0.3) is 0 Å². The van der Waals surface area contributed by atoms with Gasteiger partial charge < -0.3 is 15.5 Å². The van der Waals surface area contributed by atoms with Gasteiger partial charge in [-0.1, -0.05) is 25.4 Å². The zero-order chi connectivity index (χ0) is 14.1. The Morgan fingerprint density at radius 3 is 2.63 bits per heavy atom. The third-order valence-corrected chi connectivity index (χ3v) is 3.06. The number of anilines is 2. The molecule has 0 aliphatic rings.